The van der Waals surface area contributed by atoms with Crippen molar-refractivity contribution in [1.82, 2.24) is 0 Å². The maximum Gasteiger partial charge on any atom is 0.341 e. The Hall–Kier alpha value is -1.40. The van der Waals surface area contributed by atoms with Gasteiger partial charge in [-0.05, 0) is 48.2 Å². The average Bonchev–Trinajstić information content (AvgIpc) is 2.12. The molecule has 0 bridgehead atoms. The molecule has 0 spiro atoms. The van der Waals surface area contributed by atoms with E-state index in [1.54, 1.807) is 13.8 Å². The van der Waals surface area contributed by atoms with Gasteiger partial charge >= 0.3 is 5.97 Å². The van der Waals surface area contributed by atoms with E-state index in [0.29, 0.717) is 16.9 Å². The second kappa shape index (κ2) is 5.09. The minimum Gasteiger partial charge on any atom is -0.768 e. The zero-order chi connectivity index (χ0) is 12.3. The van der Waals surface area contributed by atoms with E-state index >= 15 is 0 Å². The van der Waals surface area contributed by atoms with Crippen LogP contribution >= 0.6 is 0 Å². The van der Waals surface area contributed by atoms with Crippen LogP contribution in [0.3, 0.4) is 0 Å². The molecule has 0 fully saturated rings. The highest BCUT2D eigenvalue weighted by Crippen LogP contribution is 2.23. The Kier molecular flexibility index (Phi) is 4.03. The van der Waals surface area contributed by atoms with E-state index in [2.05, 4.69) is 0 Å². The van der Waals surface area contributed by atoms with Crippen LogP contribution in [0.1, 0.15) is 11.1 Å². The number of aliphatic carboxylic acids is 1. The highest BCUT2D eigenvalue weighted by atomic mass is 32.2. The summed E-state index contributed by atoms with van der Waals surface area (Å²) in [5, 5.41) is 8.43. The van der Waals surface area contributed by atoms with Crippen molar-refractivity contribution in [1.29, 1.82) is 0 Å². The largest absolute Gasteiger partial charge is 0.768 e. The van der Waals surface area contributed by atoms with Gasteiger partial charge in [-0.15, -0.1) is 0 Å². The lowest BCUT2D eigenvalue weighted by Crippen LogP contribution is -2.10. The third-order valence-corrected chi connectivity index (χ3v) is 2.94. The third kappa shape index (κ3) is 3.04. The summed E-state index contributed by atoms with van der Waals surface area (Å²) in [5.41, 5.74) is 1.07. The van der Waals surface area contributed by atoms with Crippen LogP contribution in [-0.2, 0) is 15.9 Å². The normalized spacial score (nSPS) is 12.2. The van der Waals surface area contributed by atoms with Gasteiger partial charge in [-0.2, -0.15) is 0 Å². The zero-order valence-electron chi connectivity index (χ0n) is 8.85. The molecular weight excluding hydrogens is 232 g/mol. The topological polar surface area (TPSA) is 86.7 Å². The van der Waals surface area contributed by atoms with Crippen molar-refractivity contribution in [3.63, 3.8) is 0 Å². The first-order chi connectivity index (χ1) is 7.41. The molecule has 0 saturated carbocycles. The number of ether oxygens (including phenoxy) is 1. The zero-order valence-corrected chi connectivity index (χ0v) is 9.67. The molecule has 0 radical (unpaired) electrons. The van der Waals surface area contributed by atoms with Gasteiger partial charge in [-0.25, -0.2) is 4.79 Å². The Morgan fingerprint density at radius 2 is 1.94 bits per heavy atom. The number of aryl methyl sites for hydroxylation is 2. The first-order valence-corrected chi connectivity index (χ1v) is 5.54. The van der Waals surface area contributed by atoms with E-state index in [1.807, 2.05) is 0 Å². The number of hydrogen-bond acceptors (Lipinski definition) is 4. The second-order valence-electron chi connectivity index (χ2n) is 3.30. The van der Waals surface area contributed by atoms with Crippen LogP contribution in [0.5, 0.6) is 5.75 Å². The third-order valence-electron chi connectivity index (χ3n) is 1.96. The van der Waals surface area contributed by atoms with Crippen LogP contribution < -0.4 is 4.74 Å². The SMILES string of the molecule is Cc1cc(OCC(=O)O)cc(C)c1S(=O)[O-]. The molecule has 6 heteroatoms. The molecule has 5 nitrogen and oxygen atoms in total. The van der Waals surface area contributed by atoms with E-state index in [0.717, 1.165) is 0 Å². The summed E-state index contributed by atoms with van der Waals surface area (Å²) >= 11 is -2.29. The molecule has 0 heterocycles. The Morgan fingerprint density at radius 3 is 2.31 bits per heavy atom. The Bertz CT molecular complexity index is 418. The van der Waals surface area contributed by atoms with Crippen molar-refractivity contribution in [3.05, 3.63) is 23.3 Å². The van der Waals surface area contributed by atoms with Crippen LogP contribution in [0, 0.1) is 13.8 Å². The van der Waals surface area contributed by atoms with Gasteiger partial charge in [-0.3, -0.25) is 4.21 Å². The molecule has 1 rings (SSSR count). The van der Waals surface area contributed by atoms with Crippen LogP contribution in [0.15, 0.2) is 17.0 Å². The lowest BCUT2D eigenvalue weighted by Gasteiger charge is -2.14. The van der Waals surface area contributed by atoms with E-state index < -0.39 is 23.7 Å². The molecule has 0 saturated heterocycles. The Morgan fingerprint density at radius 1 is 1.44 bits per heavy atom. The van der Waals surface area contributed by atoms with E-state index in [4.69, 9.17) is 9.84 Å². The first-order valence-electron chi connectivity index (χ1n) is 4.47. The second-order valence-corrected chi connectivity index (χ2v) is 4.18. The van der Waals surface area contributed by atoms with Crippen molar-refractivity contribution in [2.45, 2.75) is 18.7 Å². The highest BCUT2D eigenvalue weighted by Gasteiger charge is 2.07. The number of rotatable bonds is 4. The molecule has 0 aromatic heterocycles. The lowest BCUT2D eigenvalue weighted by molar-refractivity contribution is -0.139. The number of carboxylic acid groups (broad SMARTS) is 1. The standard InChI is InChI=1S/C10H12O5S/c1-6-3-8(15-5-9(11)12)4-7(2)10(6)16(13)14/h3-4H,5H2,1-2H3,(H,11,12)(H,13,14)/p-1. The fourth-order valence-corrected chi connectivity index (χ4v) is 2.05. The van der Waals surface area contributed by atoms with Crippen LogP contribution in [0.2, 0.25) is 0 Å². The highest BCUT2D eigenvalue weighted by molar-refractivity contribution is 7.79. The average molecular weight is 243 g/mol. The van der Waals surface area contributed by atoms with Gasteiger partial charge in [0.25, 0.3) is 0 Å². The molecular formula is C10H11O5S-. The molecule has 0 aliphatic heterocycles. The van der Waals surface area contributed by atoms with Gasteiger partial charge in [0, 0.05) is 4.90 Å². The van der Waals surface area contributed by atoms with Crippen molar-refractivity contribution >= 4 is 17.0 Å². The number of benzene rings is 1. The summed E-state index contributed by atoms with van der Waals surface area (Å²) < 4.78 is 26.7. The first kappa shape index (κ1) is 12.7. The van der Waals surface area contributed by atoms with E-state index in [-0.39, 0.29) is 4.90 Å². The summed E-state index contributed by atoms with van der Waals surface area (Å²) in [6.07, 6.45) is 0. The summed E-state index contributed by atoms with van der Waals surface area (Å²) in [4.78, 5) is 10.5. The Labute approximate surface area is 95.3 Å². The molecule has 1 atom stereocenters. The Balaban J connectivity index is 3.00. The molecule has 0 aliphatic carbocycles. The van der Waals surface area contributed by atoms with Crippen molar-refractivity contribution in [2.75, 3.05) is 6.61 Å². The van der Waals surface area contributed by atoms with Crippen LogP contribution in [-0.4, -0.2) is 26.4 Å². The number of carbonyl (C=O) groups is 1. The molecule has 16 heavy (non-hydrogen) atoms. The minimum absolute atomic E-state index is 0.225. The minimum atomic E-state index is -2.29. The van der Waals surface area contributed by atoms with Gasteiger partial charge in [-0.1, -0.05) is 0 Å². The molecule has 0 aliphatic rings. The van der Waals surface area contributed by atoms with Crippen LogP contribution in [0.4, 0.5) is 0 Å². The van der Waals surface area contributed by atoms with Crippen LogP contribution in [0.25, 0.3) is 0 Å². The monoisotopic (exact) mass is 243 g/mol. The maximum absolute atomic E-state index is 10.9. The summed E-state index contributed by atoms with van der Waals surface area (Å²) in [7, 11) is 0. The molecule has 1 unspecified atom stereocenters. The van der Waals surface area contributed by atoms with Crippen molar-refractivity contribution < 1.29 is 23.4 Å². The fraction of sp³-hybridized carbons (Fsp3) is 0.300. The summed E-state index contributed by atoms with van der Waals surface area (Å²) in [5.74, 6) is -0.724. The van der Waals surface area contributed by atoms with Gasteiger partial charge in [0.15, 0.2) is 6.61 Å². The van der Waals surface area contributed by atoms with Gasteiger partial charge in [0.1, 0.15) is 5.75 Å². The van der Waals surface area contributed by atoms with Gasteiger partial charge in [0.2, 0.25) is 0 Å². The number of hydrogen-bond donors (Lipinski definition) is 1. The molecule has 1 aromatic rings. The van der Waals surface area contributed by atoms with Gasteiger partial charge < -0.3 is 14.4 Å². The summed E-state index contributed by atoms with van der Waals surface area (Å²) in [6.45, 7) is 2.82. The van der Waals surface area contributed by atoms with Crippen molar-refractivity contribution in [2.24, 2.45) is 0 Å². The predicted molar refractivity (Wildman–Crippen MR) is 56.2 cm³/mol. The predicted octanol–water partition coefficient (Wildman–Crippen LogP) is 1.00. The van der Waals surface area contributed by atoms with E-state index in [1.165, 1.54) is 12.1 Å². The van der Waals surface area contributed by atoms with Gasteiger partial charge in [0.05, 0.1) is 0 Å². The molecule has 0 amide bonds. The molecule has 1 aromatic carbocycles. The smallest absolute Gasteiger partial charge is 0.341 e. The maximum atomic E-state index is 10.9. The molecule has 1 N–H and O–H groups in total. The molecule has 88 valence electrons. The summed E-state index contributed by atoms with van der Waals surface area (Å²) in [6, 6.07) is 3.00. The fourth-order valence-electron chi connectivity index (χ4n) is 1.40. The van der Waals surface area contributed by atoms with E-state index in [9.17, 15) is 13.6 Å². The quantitative estimate of drug-likeness (QED) is 0.797. The number of carboxylic acids is 1. The van der Waals surface area contributed by atoms with Crippen molar-refractivity contribution in [3.8, 4) is 5.75 Å². The lowest BCUT2D eigenvalue weighted by atomic mass is 10.1.